The molecular formula is C16H21NO. The van der Waals surface area contributed by atoms with E-state index in [9.17, 15) is 5.11 Å². The van der Waals surface area contributed by atoms with Crippen LogP contribution in [-0.4, -0.2) is 10.1 Å². The molecule has 18 heavy (non-hydrogen) atoms. The van der Waals surface area contributed by atoms with Crippen LogP contribution in [-0.2, 0) is 5.60 Å². The number of unbranched alkanes of at least 4 members (excludes halogenated alkanes) is 2. The van der Waals surface area contributed by atoms with Crippen LogP contribution in [0.25, 0.3) is 10.8 Å². The van der Waals surface area contributed by atoms with Crippen LogP contribution in [0.2, 0.25) is 0 Å². The molecule has 2 rings (SSSR count). The molecule has 2 heteroatoms. The Kier molecular flexibility index (Phi) is 3.97. The first kappa shape index (κ1) is 13.0. The van der Waals surface area contributed by atoms with Crippen molar-refractivity contribution in [1.82, 2.24) is 4.98 Å². The van der Waals surface area contributed by atoms with Crippen molar-refractivity contribution in [3.63, 3.8) is 0 Å². The molecule has 0 aliphatic carbocycles. The van der Waals surface area contributed by atoms with E-state index in [-0.39, 0.29) is 0 Å². The minimum absolute atomic E-state index is 0.766. The maximum absolute atomic E-state index is 10.7. The molecule has 0 spiro atoms. The molecule has 2 nitrogen and oxygen atoms in total. The van der Waals surface area contributed by atoms with Gasteiger partial charge in [-0.3, -0.25) is 4.98 Å². The first-order chi connectivity index (χ1) is 8.65. The number of hydrogen-bond donors (Lipinski definition) is 1. The average Bonchev–Trinajstić information content (AvgIpc) is 2.38. The van der Waals surface area contributed by atoms with Gasteiger partial charge in [0.25, 0.3) is 0 Å². The summed E-state index contributed by atoms with van der Waals surface area (Å²) in [6.45, 7) is 4.08. The number of benzene rings is 1. The fourth-order valence-electron chi connectivity index (χ4n) is 2.44. The van der Waals surface area contributed by atoms with Gasteiger partial charge in [-0.1, -0.05) is 44.4 Å². The van der Waals surface area contributed by atoms with Crippen LogP contribution >= 0.6 is 0 Å². The Morgan fingerprint density at radius 1 is 1.22 bits per heavy atom. The molecule has 1 unspecified atom stereocenters. The van der Waals surface area contributed by atoms with E-state index in [0.717, 1.165) is 29.2 Å². The minimum atomic E-state index is -0.766. The van der Waals surface area contributed by atoms with E-state index in [1.54, 1.807) is 6.20 Å². The molecule has 0 saturated heterocycles. The fourth-order valence-corrected chi connectivity index (χ4v) is 2.44. The number of hydrogen-bond acceptors (Lipinski definition) is 2. The Hall–Kier alpha value is -1.41. The zero-order valence-electron chi connectivity index (χ0n) is 11.2. The molecule has 0 aliphatic rings. The number of nitrogens with zero attached hydrogens (tertiary/aromatic N) is 1. The fraction of sp³-hybridized carbons (Fsp3) is 0.438. The van der Waals surface area contributed by atoms with Gasteiger partial charge in [-0.05, 0) is 30.4 Å². The Labute approximate surface area is 109 Å². The number of aromatic nitrogens is 1. The lowest BCUT2D eigenvalue weighted by Crippen LogP contribution is -2.21. The number of pyridine rings is 1. The van der Waals surface area contributed by atoms with E-state index in [4.69, 9.17) is 0 Å². The predicted molar refractivity (Wildman–Crippen MR) is 75.5 cm³/mol. The molecule has 1 N–H and O–H groups in total. The third-order valence-corrected chi connectivity index (χ3v) is 3.53. The molecule has 1 atom stereocenters. The summed E-state index contributed by atoms with van der Waals surface area (Å²) in [5.41, 5.74) is 0.224. The van der Waals surface area contributed by atoms with Gasteiger partial charge in [0.2, 0.25) is 0 Å². The first-order valence-corrected chi connectivity index (χ1v) is 6.71. The van der Waals surface area contributed by atoms with E-state index < -0.39 is 5.60 Å². The Morgan fingerprint density at radius 2 is 2.06 bits per heavy atom. The van der Waals surface area contributed by atoms with Crippen molar-refractivity contribution in [2.45, 2.75) is 45.1 Å². The Morgan fingerprint density at radius 3 is 2.83 bits per heavy atom. The van der Waals surface area contributed by atoms with Gasteiger partial charge in [-0.2, -0.15) is 0 Å². The largest absolute Gasteiger partial charge is 0.385 e. The van der Waals surface area contributed by atoms with E-state index in [1.165, 1.54) is 12.8 Å². The van der Waals surface area contributed by atoms with Crippen molar-refractivity contribution in [2.75, 3.05) is 0 Å². The highest BCUT2D eigenvalue weighted by molar-refractivity contribution is 5.85. The SMILES string of the molecule is CCCCCC(C)(O)c1cccc2ccncc12. The highest BCUT2D eigenvalue weighted by Crippen LogP contribution is 2.32. The highest BCUT2D eigenvalue weighted by atomic mass is 16.3. The molecule has 0 amide bonds. The molecule has 0 radical (unpaired) electrons. The molecule has 0 fully saturated rings. The van der Waals surface area contributed by atoms with Crippen molar-refractivity contribution in [2.24, 2.45) is 0 Å². The summed E-state index contributed by atoms with van der Waals surface area (Å²) in [6, 6.07) is 8.06. The molecular weight excluding hydrogens is 222 g/mol. The van der Waals surface area contributed by atoms with Gasteiger partial charge in [0.15, 0.2) is 0 Å². The minimum Gasteiger partial charge on any atom is -0.385 e. The van der Waals surface area contributed by atoms with Crippen LogP contribution in [0, 0.1) is 0 Å². The lowest BCUT2D eigenvalue weighted by Gasteiger charge is -2.25. The van der Waals surface area contributed by atoms with Crippen molar-refractivity contribution in [3.8, 4) is 0 Å². The monoisotopic (exact) mass is 243 g/mol. The van der Waals surface area contributed by atoms with Gasteiger partial charge in [-0.15, -0.1) is 0 Å². The molecule has 2 aromatic rings. The van der Waals surface area contributed by atoms with Gasteiger partial charge >= 0.3 is 0 Å². The third-order valence-electron chi connectivity index (χ3n) is 3.53. The van der Waals surface area contributed by atoms with Crippen molar-refractivity contribution in [3.05, 3.63) is 42.2 Å². The van der Waals surface area contributed by atoms with Gasteiger partial charge < -0.3 is 5.11 Å². The Bertz CT molecular complexity index is 514. The summed E-state index contributed by atoms with van der Waals surface area (Å²) in [5.74, 6) is 0. The molecule has 1 aromatic carbocycles. The van der Waals surface area contributed by atoms with Crippen molar-refractivity contribution in [1.29, 1.82) is 0 Å². The molecule has 0 aliphatic heterocycles. The van der Waals surface area contributed by atoms with Crippen molar-refractivity contribution < 1.29 is 5.11 Å². The predicted octanol–water partition coefficient (Wildman–Crippen LogP) is 4.02. The molecule has 1 heterocycles. The van der Waals surface area contributed by atoms with E-state index in [0.29, 0.717) is 0 Å². The molecule has 1 aromatic heterocycles. The molecule has 0 bridgehead atoms. The normalized spacial score (nSPS) is 14.6. The van der Waals surface area contributed by atoms with Gasteiger partial charge in [0.1, 0.15) is 0 Å². The van der Waals surface area contributed by atoms with Gasteiger partial charge in [-0.25, -0.2) is 0 Å². The van der Waals surface area contributed by atoms with Crippen LogP contribution in [0.4, 0.5) is 0 Å². The van der Waals surface area contributed by atoms with Gasteiger partial charge in [0.05, 0.1) is 5.60 Å². The zero-order valence-corrected chi connectivity index (χ0v) is 11.2. The second-order valence-electron chi connectivity index (χ2n) is 5.13. The zero-order chi connectivity index (χ0) is 13.0. The van der Waals surface area contributed by atoms with Crippen molar-refractivity contribution >= 4 is 10.8 Å². The van der Waals surface area contributed by atoms with Crippen LogP contribution in [0.1, 0.15) is 45.1 Å². The topological polar surface area (TPSA) is 33.1 Å². The van der Waals surface area contributed by atoms with E-state index in [1.807, 2.05) is 31.3 Å². The maximum atomic E-state index is 10.7. The second kappa shape index (κ2) is 5.49. The molecule has 0 saturated carbocycles. The van der Waals surface area contributed by atoms with E-state index >= 15 is 0 Å². The molecule has 96 valence electrons. The summed E-state index contributed by atoms with van der Waals surface area (Å²) in [7, 11) is 0. The van der Waals surface area contributed by atoms with Crippen LogP contribution in [0.5, 0.6) is 0 Å². The summed E-state index contributed by atoms with van der Waals surface area (Å²) in [5, 5.41) is 12.9. The average molecular weight is 243 g/mol. The summed E-state index contributed by atoms with van der Waals surface area (Å²) in [4.78, 5) is 4.17. The third kappa shape index (κ3) is 2.70. The summed E-state index contributed by atoms with van der Waals surface area (Å²) >= 11 is 0. The van der Waals surface area contributed by atoms with Crippen LogP contribution in [0.3, 0.4) is 0 Å². The smallest absolute Gasteiger partial charge is 0.0875 e. The van der Waals surface area contributed by atoms with E-state index in [2.05, 4.69) is 18.0 Å². The second-order valence-corrected chi connectivity index (χ2v) is 5.13. The van der Waals surface area contributed by atoms with Crippen LogP contribution in [0.15, 0.2) is 36.7 Å². The lowest BCUT2D eigenvalue weighted by molar-refractivity contribution is 0.0465. The number of fused-ring (bicyclic) bond motifs is 1. The standard InChI is InChI=1S/C16H21NO/c1-3-4-5-10-16(2,18)15-8-6-7-13-9-11-17-12-14(13)15/h6-9,11-12,18H,3-5,10H2,1-2H3. The summed E-state index contributed by atoms with van der Waals surface area (Å²) < 4.78 is 0. The maximum Gasteiger partial charge on any atom is 0.0875 e. The lowest BCUT2D eigenvalue weighted by atomic mass is 9.87. The number of aliphatic hydroxyl groups is 1. The first-order valence-electron chi connectivity index (χ1n) is 6.71. The number of rotatable bonds is 5. The van der Waals surface area contributed by atoms with Crippen LogP contribution < -0.4 is 0 Å². The summed E-state index contributed by atoms with van der Waals surface area (Å²) in [6.07, 6.45) is 7.83. The Balaban J connectivity index is 2.34. The van der Waals surface area contributed by atoms with Gasteiger partial charge in [0, 0.05) is 17.8 Å². The quantitative estimate of drug-likeness (QED) is 0.804. The highest BCUT2D eigenvalue weighted by Gasteiger charge is 2.24.